The van der Waals surface area contributed by atoms with E-state index in [0.29, 0.717) is 5.56 Å². The van der Waals surface area contributed by atoms with Gasteiger partial charge in [0.1, 0.15) is 5.82 Å². The fraction of sp³-hybridized carbons (Fsp3) is 0.333. The van der Waals surface area contributed by atoms with E-state index in [0.717, 1.165) is 36.2 Å². The van der Waals surface area contributed by atoms with E-state index in [4.69, 9.17) is 5.73 Å². The van der Waals surface area contributed by atoms with E-state index in [1.165, 1.54) is 0 Å². The second kappa shape index (κ2) is 7.23. The van der Waals surface area contributed by atoms with Crippen LogP contribution in [0.25, 0.3) is 11.1 Å². The van der Waals surface area contributed by atoms with E-state index in [1.54, 1.807) is 6.07 Å². The molecule has 0 spiro atoms. The van der Waals surface area contributed by atoms with Crippen LogP contribution in [0, 0.1) is 5.82 Å². The number of nitrogens with two attached hydrogens (primary N) is 1. The highest BCUT2D eigenvalue weighted by Crippen LogP contribution is 2.26. The first-order valence-electron chi connectivity index (χ1n) is 7.55. The minimum Gasteiger partial charge on any atom is -0.385 e. The average Bonchev–Trinajstić information content (AvgIpc) is 2.52. The number of anilines is 1. The van der Waals surface area contributed by atoms with Crippen molar-refractivity contribution in [2.75, 3.05) is 11.9 Å². The zero-order chi connectivity index (χ0) is 15.2. The third kappa shape index (κ3) is 3.82. The average molecular weight is 286 g/mol. The van der Waals surface area contributed by atoms with Gasteiger partial charge in [-0.2, -0.15) is 0 Å². The largest absolute Gasteiger partial charge is 0.385 e. The maximum absolute atomic E-state index is 14.2. The predicted molar refractivity (Wildman–Crippen MR) is 87.8 cm³/mol. The van der Waals surface area contributed by atoms with Crippen molar-refractivity contribution in [3.63, 3.8) is 0 Å². The third-order valence-corrected chi connectivity index (χ3v) is 3.64. The number of nitrogens with one attached hydrogen (secondary N) is 1. The summed E-state index contributed by atoms with van der Waals surface area (Å²) in [7, 11) is 0. The van der Waals surface area contributed by atoms with Gasteiger partial charge in [0.2, 0.25) is 0 Å². The van der Waals surface area contributed by atoms with Crippen LogP contribution in [-0.4, -0.2) is 6.54 Å². The standard InChI is InChI=1S/C18H23FN2/c1-3-11-21-15-9-10-16(17(19)12-15)13-5-7-14(8-6-13)18(20)4-2/h5-10,12,18,21H,3-4,11,20H2,1-2H3. The van der Waals surface area contributed by atoms with Crippen LogP contribution in [-0.2, 0) is 0 Å². The van der Waals surface area contributed by atoms with Crippen LogP contribution >= 0.6 is 0 Å². The Balaban J connectivity index is 2.21. The zero-order valence-corrected chi connectivity index (χ0v) is 12.7. The normalized spacial score (nSPS) is 12.2. The molecular formula is C18H23FN2. The van der Waals surface area contributed by atoms with Crippen molar-refractivity contribution < 1.29 is 4.39 Å². The Labute approximate surface area is 126 Å². The molecule has 0 amide bonds. The van der Waals surface area contributed by atoms with Gasteiger partial charge in [-0.3, -0.25) is 0 Å². The molecule has 2 aromatic carbocycles. The molecule has 0 aromatic heterocycles. The van der Waals surface area contributed by atoms with Crippen LogP contribution in [0.3, 0.4) is 0 Å². The molecule has 2 nitrogen and oxygen atoms in total. The number of hydrogen-bond donors (Lipinski definition) is 2. The van der Waals surface area contributed by atoms with Crippen molar-refractivity contribution in [2.24, 2.45) is 5.73 Å². The van der Waals surface area contributed by atoms with Gasteiger partial charge in [-0.15, -0.1) is 0 Å². The molecule has 0 aliphatic heterocycles. The molecule has 2 aromatic rings. The van der Waals surface area contributed by atoms with Crippen LogP contribution in [0.15, 0.2) is 42.5 Å². The first kappa shape index (κ1) is 15.5. The lowest BCUT2D eigenvalue weighted by Gasteiger charge is -2.11. The smallest absolute Gasteiger partial charge is 0.133 e. The molecule has 0 bridgehead atoms. The van der Waals surface area contributed by atoms with E-state index in [2.05, 4.69) is 19.2 Å². The molecule has 0 aliphatic rings. The molecular weight excluding hydrogens is 263 g/mol. The van der Waals surface area contributed by atoms with E-state index in [1.807, 2.05) is 36.4 Å². The van der Waals surface area contributed by atoms with Crippen molar-refractivity contribution in [3.05, 3.63) is 53.8 Å². The molecule has 0 radical (unpaired) electrons. The minimum atomic E-state index is -0.205. The third-order valence-electron chi connectivity index (χ3n) is 3.64. The van der Waals surface area contributed by atoms with Gasteiger partial charge in [0.05, 0.1) is 0 Å². The number of benzene rings is 2. The van der Waals surface area contributed by atoms with Crippen LogP contribution in [0.5, 0.6) is 0 Å². The first-order valence-corrected chi connectivity index (χ1v) is 7.55. The van der Waals surface area contributed by atoms with E-state index >= 15 is 0 Å². The lowest BCUT2D eigenvalue weighted by atomic mass is 9.99. The van der Waals surface area contributed by atoms with Gasteiger partial charge in [0.15, 0.2) is 0 Å². The first-order chi connectivity index (χ1) is 10.2. The molecule has 1 unspecified atom stereocenters. The van der Waals surface area contributed by atoms with Crippen LogP contribution in [0.1, 0.15) is 38.3 Å². The second-order valence-electron chi connectivity index (χ2n) is 5.26. The summed E-state index contributed by atoms with van der Waals surface area (Å²) < 4.78 is 14.2. The van der Waals surface area contributed by atoms with Gasteiger partial charge < -0.3 is 11.1 Å². The van der Waals surface area contributed by atoms with Crippen molar-refractivity contribution in [2.45, 2.75) is 32.7 Å². The summed E-state index contributed by atoms with van der Waals surface area (Å²) in [5.74, 6) is -0.205. The Hall–Kier alpha value is -1.87. The van der Waals surface area contributed by atoms with E-state index in [-0.39, 0.29) is 11.9 Å². The summed E-state index contributed by atoms with van der Waals surface area (Å²) in [5.41, 5.74) is 9.40. The monoisotopic (exact) mass is 286 g/mol. The summed E-state index contributed by atoms with van der Waals surface area (Å²) in [5, 5.41) is 3.19. The van der Waals surface area contributed by atoms with E-state index < -0.39 is 0 Å². The molecule has 3 N–H and O–H groups in total. The van der Waals surface area contributed by atoms with Crippen molar-refractivity contribution in [1.82, 2.24) is 0 Å². The lowest BCUT2D eigenvalue weighted by Crippen LogP contribution is -2.08. The fourth-order valence-corrected chi connectivity index (χ4v) is 2.27. The zero-order valence-electron chi connectivity index (χ0n) is 12.7. The molecule has 2 rings (SSSR count). The topological polar surface area (TPSA) is 38.0 Å². The van der Waals surface area contributed by atoms with Crippen molar-refractivity contribution >= 4 is 5.69 Å². The van der Waals surface area contributed by atoms with Crippen molar-refractivity contribution in [1.29, 1.82) is 0 Å². The molecule has 21 heavy (non-hydrogen) atoms. The molecule has 1 atom stereocenters. The molecule has 0 saturated heterocycles. The quantitative estimate of drug-likeness (QED) is 0.806. The Morgan fingerprint density at radius 2 is 1.81 bits per heavy atom. The summed E-state index contributed by atoms with van der Waals surface area (Å²) in [4.78, 5) is 0. The van der Waals surface area contributed by atoms with Gasteiger partial charge >= 0.3 is 0 Å². The molecule has 112 valence electrons. The maximum atomic E-state index is 14.2. The van der Waals surface area contributed by atoms with Gasteiger partial charge in [-0.05, 0) is 42.2 Å². The lowest BCUT2D eigenvalue weighted by molar-refractivity contribution is 0.631. The van der Waals surface area contributed by atoms with Crippen LogP contribution in [0.4, 0.5) is 10.1 Å². The molecule has 0 heterocycles. The summed E-state index contributed by atoms with van der Waals surface area (Å²) >= 11 is 0. The Morgan fingerprint density at radius 1 is 1.10 bits per heavy atom. The number of halogens is 1. The highest BCUT2D eigenvalue weighted by molar-refractivity contribution is 5.67. The van der Waals surface area contributed by atoms with Crippen LogP contribution < -0.4 is 11.1 Å². The Kier molecular flexibility index (Phi) is 5.34. The van der Waals surface area contributed by atoms with Gasteiger partial charge in [0, 0.05) is 23.8 Å². The van der Waals surface area contributed by atoms with Crippen molar-refractivity contribution in [3.8, 4) is 11.1 Å². The molecule has 0 saturated carbocycles. The number of hydrogen-bond acceptors (Lipinski definition) is 2. The summed E-state index contributed by atoms with van der Waals surface area (Å²) in [6.07, 6.45) is 1.91. The maximum Gasteiger partial charge on any atom is 0.133 e. The van der Waals surface area contributed by atoms with Crippen LogP contribution in [0.2, 0.25) is 0 Å². The number of rotatable bonds is 6. The highest BCUT2D eigenvalue weighted by Gasteiger charge is 2.08. The van der Waals surface area contributed by atoms with Gasteiger partial charge in [0.25, 0.3) is 0 Å². The molecule has 0 fully saturated rings. The molecule has 3 heteroatoms. The Morgan fingerprint density at radius 3 is 2.38 bits per heavy atom. The van der Waals surface area contributed by atoms with Gasteiger partial charge in [-0.1, -0.05) is 38.1 Å². The summed E-state index contributed by atoms with van der Waals surface area (Å²) in [6, 6.07) is 13.2. The highest BCUT2D eigenvalue weighted by atomic mass is 19.1. The second-order valence-corrected chi connectivity index (χ2v) is 5.26. The molecule has 0 aliphatic carbocycles. The SMILES string of the molecule is CCCNc1ccc(-c2ccc(C(N)CC)cc2)c(F)c1. The van der Waals surface area contributed by atoms with E-state index in [9.17, 15) is 4.39 Å². The predicted octanol–water partition coefficient (Wildman–Crippen LogP) is 4.72. The Bertz CT molecular complexity index is 578. The van der Waals surface area contributed by atoms with Gasteiger partial charge in [-0.25, -0.2) is 4.39 Å². The fourth-order valence-electron chi connectivity index (χ4n) is 2.27. The summed E-state index contributed by atoms with van der Waals surface area (Å²) in [6.45, 7) is 4.99. The minimum absolute atomic E-state index is 0.0458.